The minimum atomic E-state index is -0.950. The van der Waals surface area contributed by atoms with E-state index in [2.05, 4.69) is 24.5 Å². The summed E-state index contributed by atoms with van der Waals surface area (Å²) in [7, 11) is 0. The summed E-state index contributed by atoms with van der Waals surface area (Å²) in [4.78, 5) is 11.6. The second-order valence-corrected chi connectivity index (χ2v) is 7.18. The Morgan fingerprint density at radius 3 is 2.52 bits per heavy atom. The zero-order valence-corrected chi connectivity index (χ0v) is 16.9. The fraction of sp³-hybridized carbons (Fsp3) is 0.292. The topological polar surface area (TPSA) is 51.5 Å². The van der Waals surface area contributed by atoms with Crippen LogP contribution in [-0.4, -0.2) is 28.4 Å². The van der Waals surface area contributed by atoms with Gasteiger partial charge in [0, 0.05) is 28.2 Å². The normalized spacial score (nSPS) is 12.8. The number of aromatic nitrogens is 1. The van der Waals surface area contributed by atoms with Crippen molar-refractivity contribution in [2.75, 3.05) is 6.61 Å². The summed E-state index contributed by atoms with van der Waals surface area (Å²) >= 11 is 0. The van der Waals surface area contributed by atoms with Crippen LogP contribution in [-0.2, 0) is 9.53 Å². The fourth-order valence-corrected chi connectivity index (χ4v) is 3.58. The Labute approximate surface area is 170 Å². The number of benzene rings is 2. The number of nitrogens with zero attached hydrogens (tertiary/aromatic N) is 1. The van der Waals surface area contributed by atoms with Crippen molar-refractivity contribution in [3.8, 4) is 11.1 Å². The van der Waals surface area contributed by atoms with Crippen LogP contribution < -0.4 is 0 Å². The molecule has 2 aromatic carbocycles. The van der Waals surface area contributed by atoms with Crippen molar-refractivity contribution in [3.05, 3.63) is 66.1 Å². The summed E-state index contributed by atoms with van der Waals surface area (Å²) in [6.45, 7) is 6.20. The van der Waals surface area contributed by atoms with E-state index >= 15 is 0 Å². The minimum absolute atomic E-state index is 0.0991. The predicted octanol–water partition coefficient (Wildman–Crippen LogP) is 5.36. The molecule has 29 heavy (non-hydrogen) atoms. The molecular weight excluding hydrogens is 369 g/mol. The highest BCUT2D eigenvalue weighted by Crippen LogP contribution is 2.37. The van der Waals surface area contributed by atoms with Crippen molar-refractivity contribution in [2.24, 2.45) is 0 Å². The van der Waals surface area contributed by atoms with E-state index in [1.165, 1.54) is 12.1 Å². The van der Waals surface area contributed by atoms with Gasteiger partial charge in [0.05, 0.1) is 19.1 Å². The number of esters is 1. The van der Waals surface area contributed by atoms with Crippen molar-refractivity contribution in [3.63, 3.8) is 0 Å². The van der Waals surface area contributed by atoms with E-state index in [4.69, 9.17) is 4.74 Å². The zero-order chi connectivity index (χ0) is 21.0. The van der Waals surface area contributed by atoms with Gasteiger partial charge in [-0.3, -0.25) is 4.79 Å². The van der Waals surface area contributed by atoms with E-state index in [-0.39, 0.29) is 24.9 Å². The number of aliphatic hydroxyl groups is 1. The number of hydrogen-bond acceptors (Lipinski definition) is 3. The molecule has 1 heterocycles. The lowest BCUT2D eigenvalue weighted by Gasteiger charge is -2.14. The van der Waals surface area contributed by atoms with Crippen molar-refractivity contribution in [1.29, 1.82) is 0 Å². The van der Waals surface area contributed by atoms with Crippen LogP contribution in [0, 0.1) is 5.82 Å². The summed E-state index contributed by atoms with van der Waals surface area (Å²) in [6, 6.07) is 14.6. The standard InChI is InChI=1S/C24H26FNO3/c1-4-29-23(28)15-19(27)13-14-22-24(17-9-11-18(25)12-10-17)20-7-5-6-8-21(20)26(22)16(2)3/h5-14,16,19,27H,4,15H2,1-3H3/b14-13+/t19-/m0/s1. The van der Waals surface area contributed by atoms with Crippen molar-refractivity contribution in [1.82, 2.24) is 4.57 Å². The maximum absolute atomic E-state index is 13.5. The molecule has 1 N–H and O–H groups in total. The first-order valence-electron chi connectivity index (χ1n) is 9.83. The number of para-hydroxylation sites is 1. The molecule has 0 aliphatic heterocycles. The first-order chi connectivity index (χ1) is 13.9. The molecule has 1 atom stereocenters. The SMILES string of the molecule is CCOC(=O)C[C@@H](O)/C=C/c1c(-c2ccc(F)cc2)c2ccccc2n1C(C)C. The number of aliphatic hydroxyl groups excluding tert-OH is 1. The van der Waals surface area contributed by atoms with Crippen LogP contribution in [0.15, 0.2) is 54.6 Å². The van der Waals surface area contributed by atoms with Crippen LogP contribution in [0.4, 0.5) is 4.39 Å². The van der Waals surface area contributed by atoms with Crippen LogP contribution >= 0.6 is 0 Å². The van der Waals surface area contributed by atoms with E-state index < -0.39 is 12.1 Å². The first kappa shape index (κ1) is 20.8. The van der Waals surface area contributed by atoms with E-state index in [9.17, 15) is 14.3 Å². The van der Waals surface area contributed by atoms with Crippen LogP contribution in [0.2, 0.25) is 0 Å². The monoisotopic (exact) mass is 395 g/mol. The molecule has 3 rings (SSSR count). The van der Waals surface area contributed by atoms with Gasteiger partial charge in [-0.15, -0.1) is 0 Å². The van der Waals surface area contributed by atoms with Gasteiger partial charge in [-0.25, -0.2) is 4.39 Å². The Balaban J connectivity index is 2.12. The number of halogens is 1. The molecule has 0 aliphatic carbocycles. The summed E-state index contributed by atoms with van der Waals surface area (Å²) in [5.41, 5.74) is 3.81. The molecule has 0 aliphatic rings. The Bertz CT molecular complexity index is 1020. The van der Waals surface area contributed by atoms with Gasteiger partial charge in [0.15, 0.2) is 0 Å². The lowest BCUT2D eigenvalue weighted by molar-refractivity contribution is -0.144. The third-order valence-electron chi connectivity index (χ3n) is 4.76. The quantitative estimate of drug-likeness (QED) is 0.548. The second kappa shape index (κ2) is 9.05. The molecule has 0 amide bonds. The number of carbonyl (C=O) groups is 1. The molecule has 0 saturated carbocycles. The third-order valence-corrected chi connectivity index (χ3v) is 4.76. The molecule has 0 radical (unpaired) electrons. The van der Waals surface area contributed by atoms with Gasteiger partial charge in [-0.1, -0.05) is 36.4 Å². The molecule has 0 saturated heterocycles. The Morgan fingerprint density at radius 2 is 1.86 bits per heavy atom. The van der Waals surface area contributed by atoms with Crippen LogP contribution in [0.25, 0.3) is 28.1 Å². The highest BCUT2D eigenvalue weighted by Gasteiger charge is 2.19. The molecule has 0 spiro atoms. The number of ether oxygens (including phenoxy) is 1. The number of rotatable bonds is 7. The van der Waals surface area contributed by atoms with Gasteiger partial charge in [-0.05, 0) is 50.6 Å². The van der Waals surface area contributed by atoms with Gasteiger partial charge in [-0.2, -0.15) is 0 Å². The molecule has 152 valence electrons. The minimum Gasteiger partial charge on any atom is -0.466 e. The maximum atomic E-state index is 13.5. The van der Waals surface area contributed by atoms with Crippen LogP contribution in [0.5, 0.6) is 0 Å². The van der Waals surface area contributed by atoms with E-state index in [1.54, 1.807) is 25.1 Å². The molecule has 4 nitrogen and oxygen atoms in total. The van der Waals surface area contributed by atoms with E-state index in [1.807, 2.05) is 24.3 Å². The summed E-state index contributed by atoms with van der Waals surface area (Å²) in [6.07, 6.45) is 2.39. The van der Waals surface area contributed by atoms with Gasteiger partial charge in [0.1, 0.15) is 5.82 Å². The smallest absolute Gasteiger partial charge is 0.308 e. The van der Waals surface area contributed by atoms with Gasteiger partial charge < -0.3 is 14.4 Å². The molecule has 3 aromatic rings. The molecule has 5 heteroatoms. The van der Waals surface area contributed by atoms with E-state index in [0.717, 1.165) is 27.7 Å². The molecule has 1 aromatic heterocycles. The van der Waals surface area contributed by atoms with Crippen molar-refractivity contribution >= 4 is 22.9 Å². The number of carbonyl (C=O) groups excluding carboxylic acids is 1. The molecule has 0 unspecified atom stereocenters. The summed E-state index contributed by atoms with van der Waals surface area (Å²) in [5.74, 6) is -0.726. The van der Waals surface area contributed by atoms with Gasteiger partial charge >= 0.3 is 5.97 Å². The van der Waals surface area contributed by atoms with Crippen molar-refractivity contribution < 1.29 is 19.0 Å². The maximum Gasteiger partial charge on any atom is 0.308 e. The highest BCUT2D eigenvalue weighted by molar-refractivity contribution is 6.01. The van der Waals surface area contributed by atoms with Gasteiger partial charge in [0.2, 0.25) is 0 Å². The average molecular weight is 395 g/mol. The third kappa shape index (κ3) is 4.57. The second-order valence-electron chi connectivity index (χ2n) is 7.18. The number of hydrogen-bond donors (Lipinski definition) is 1. The van der Waals surface area contributed by atoms with E-state index in [0.29, 0.717) is 0 Å². The Morgan fingerprint density at radius 1 is 1.17 bits per heavy atom. The lowest BCUT2D eigenvalue weighted by Crippen LogP contribution is -2.13. The molecule has 0 bridgehead atoms. The Kier molecular flexibility index (Phi) is 6.49. The highest BCUT2D eigenvalue weighted by atomic mass is 19.1. The van der Waals surface area contributed by atoms with Crippen molar-refractivity contribution in [2.45, 2.75) is 39.3 Å². The molecular formula is C24H26FNO3. The largest absolute Gasteiger partial charge is 0.466 e. The average Bonchev–Trinajstić information content (AvgIpc) is 3.01. The summed E-state index contributed by atoms with van der Waals surface area (Å²) < 4.78 is 20.6. The fourth-order valence-electron chi connectivity index (χ4n) is 3.58. The number of fused-ring (bicyclic) bond motifs is 1. The Hall–Kier alpha value is -2.92. The van der Waals surface area contributed by atoms with Crippen LogP contribution in [0.3, 0.4) is 0 Å². The van der Waals surface area contributed by atoms with Gasteiger partial charge in [0.25, 0.3) is 0 Å². The lowest BCUT2D eigenvalue weighted by atomic mass is 10.0. The summed E-state index contributed by atoms with van der Waals surface area (Å²) in [5, 5.41) is 11.3. The molecule has 0 fully saturated rings. The predicted molar refractivity (Wildman–Crippen MR) is 114 cm³/mol. The zero-order valence-electron chi connectivity index (χ0n) is 16.9. The first-order valence-corrected chi connectivity index (χ1v) is 9.83. The van der Waals surface area contributed by atoms with Crippen LogP contribution in [0.1, 0.15) is 38.9 Å².